The van der Waals surface area contributed by atoms with Crippen LogP contribution in [0, 0.1) is 0 Å². The van der Waals surface area contributed by atoms with Crippen molar-refractivity contribution in [3.05, 3.63) is 30.0 Å². The molecule has 5 nitrogen and oxygen atoms in total. The van der Waals surface area contributed by atoms with Crippen LogP contribution < -0.4 is 0 Å². The molecule has 2 aromatic rings. The van der Waals surface area contributed by atoms with E-state index in [0.29, 0.717) is 23.8 Å². The minimum absolute atomic E-state index is 0.0682. The third-order valence-electron chi connectivity index (χ3n) is 5.40. The Morgan fingerprint density at radius 1 is 1.22 bits per heavy atom. The van der Waals surface area contributed by atoms with Gasteiger partial charge in [-0.2, -0.15) is 5.10 Å². The summed E-state index contributed by atoms with van der Waals surface area (Å²) in [5, 5.41) is 8.19. The van der Waals surface area contributed by atoms with Crippen LogP contribution in [0.1, 0.15) is 43.6 Å². The van der Waals surface area contributed by atoms with Gasteiger partial charge in [0.2, 0.25) is 0 Å². The normalized spacial score (nSPS) is 25.3. The smallest absolute Gasteiger partial charge is 0.275 e. The number of hydrogen-bond donors (Lipinski definition) is 1. The van der Waals surface area contributed by atoms with Gasteiger partial charge >= 0.3 is 0 Å². The van der Waals surface area contributed by atoms with Gasteiger partial charge < -0.3 is 4.90 Å². The van der Waals surface area contributed by atoms with Crippen molar-refractivity contribution in [1.29, 1.82) is 0 Å². The topological polar surface area (TPSA) is 52.2 Å². The lowest BCUT2D eigenvalue weighted by atomic mass is 10.1. The molecule has 1 amide bonds. The Labute approximate surface area is 136 Å². The van der Waals surface area contributed by atoms with Crippen molar-refractivity contribution in [3.63, 3.8) is 0 Å². The van der Waals surface area contributed by atoms with Crippen LogP contribution in [0.2, 0.25) is 0 Å². The number of H-pyrrole nitrogens is 1. The Balaban J connectivity index is 1.60. The number of benzene rings is 1. The van der Waals surface area contributed by atoms with Crippen molar-refractivity contribution in [2.45, 2.75) is 51.2 Å². The van der Waals surface area contributed by atoms with Gasteiger partial charge in [0.1, 0.15) is 0 Å². The minimum atomic E-state index is 0.0682. The fraction of sp³-hybridized carbons (Fsp3) is 0.556. The van der Waals surface area contributed by atoms with E-state index >= 15 is 0 Å². The molecule has 1 N–H and O–H groups in total. The summed E-state index contributed by atoms with van der Waals surface area (Å²) in [6.07, 6.45) is 3.55. The molecule has 0 spiro atoms. The van der Waals surface area contributed by atoms with Crippen molar-refractivity contribution in [1.82, 2.24) is 20.0 Å². The van der Waals surface area contributed by atoms with Crippen molar-refractivity contribution >= 4 is 16.8 Å². The first-order chi connectivity index (χ1) is 11.1. The molecule has 2 aliphatic heterocycles. The summed E-state index contributed by atoms with van der Waals surface area (Å²) in [5.74, 6) is 0.0682. The highest BCUT2D eigenvalue weighted by Crippen LogP contribution is 2.32. The maximum absolute atomic E-state index is 13.0. The van der Waals surface area contributed by atoms with Gasteiger partial charge in [0, 0.05) is 36.6 Å². The van der Waals surface area contributed by atoms with Crippen molar-refractivity contribution in [3.8, 4) is 0 Å². The van der Waals surface area contributed by atoms with E-state index in [2.05, 4.69) is 28.9 Å². The number of fused-ring (bicyclic) bond motifs is 3. The number of carbonyl (C=O) groups is 1. The molecule has 1 aromatic heterocycles. The molecule has 122 valence electrons. The number of hydrogen-bond acceptors (Lipinski definition) is 3. The number of carbonyl (C=O) groups excluding carboxylic acids is 1. The van der Waals surface area contributed by atoms with Crippen molar-refractivity contribution in [2.75, 3.05) is 13.1 Å². The molecule has 0 aliphatic carbocycles. The molecule has 2 atom stereocenters. The van der Waals surface area contributed by atoms with Crippen LogP contribution in [0.4, 0.5) is 0 Å². The van der Waals surface area contributed by atoms with Crippen molar-refractivity contribution in [2.24, 2.45) is 0 Å². The third-order valence-corrected chi connectivity index (χ3v) is 5.40. The van der Waals surface area contributed by atoms with Crippen LogP contribution in [-0.4, -0.2) is 57.1 Å². The Bertz CT molecular complexity index is 723. The maximum atomic E-state index is 13.0. The monoisotopic (exact) mass is 312 g/mol. The van der Waals surface area contributed by atoms with E-state index in [9.17, 15) is 4.79 Å². The Hall–Kier alpha value is -1.88. The average Bonchev–Trinajstić information content (AvgIpc) is 3.07. The Morgan fingerprint density at radius 3 is 2.83 bits per heavy atom. The van der Waals surface area contributed by atoms with E-state index in [1.807, 2.05) is 29.2 Å². The lowest BCUT2D eigenvalue weighted by molar-refractivity contribution is 0.0724. The van der Waals surface area contributed by atoms with E-state index in [1.165, 1.54) is 12.8 Å². The molecule has 2 bridgehead atoms. The summed E-state index contributed by atoms with van der Waals surface area (Å²) in [4.78, 5) is 17.6. The number of rotatable bonds is 2. The zero-order valence-electron chi connectivity index (χ0n) is 13.8. The summed E-state index contributed by atoms with van der Waals surface area (Å²) in [7, 11) is 0. The van der Waals surface area contributed by atoms with E-state index in [1.54, 1.807) is 0 Å². The van der Waals surface area contributed by atoms with Gasteiger partial charge in [0.25, 0.3) is 5.91 Å². The Morgan fingerprint density at radius 2 is 2.00 bits per heavy atom. The number of para-hydroxylation sites is 1. The lowest BCUT2D eigenvalue weighted by Crippen LogP contribution is -2.44. The first-order valence-electron chi connectivity index (χ1n) is 8.65. The predicted molar refractivity (Wildman–Crippen MR) is 90.4 cm³/mol. The summed E-state index contributed by atoms with van der Waals surface area (Å²) in [5.41, 5.74) is 1.49. The fourth-order valence-electron chi connectivity index (χ4n) is 4.41. The van der Waals surface area contributed by atoms with E-state index in [0.717, 1.165) is 30.4 Å². The zero-order chi connectivity index (χ0) is 16.0. The molecule has 4 rings (SSSR count). The second-order valence-corrected chi connectivity index (χ2v) is 7.08. The summed E-state index contributed by atoms with van der Waals surface area (Å²) < 4.78 is 0. The van der Waals surface area contributed by atoms with Crippen LogP contribution in [-0.2, 0) is 0 Å². The van der Waals surface area contributed by atoms with Gasteiger partial charge in [-0.15, -0.1) is 0 Å². The highest BCUT2D eigenvalue weighted by atomic mass is 16.2. The number of aromatic amines is 1. The molecule has 3 heterocycles. The second-order valence-electron chi connectivity index (χ2n) is 7.08. The fourth-order valence-corrected chi connectivity index (χ4v) is 4.41. The lowest BCUT2D eigenvalue weighted by Gasteiger charge is -2.32. The number of likely N-dealkylation sites (tertiary alicyclic amines) is 1. The van der Waals surface area contributed by atoms with E-state index < -0.39 is 0 Å². The first-order valence-corrected chi connectivity index (χ1v) is 8.65. The SMILES string of the molecule is CC(C)N1C2CCC1CN(C(=O)c1n[nH]c3ccccc13)CC2. The standard InChI is InChI=1S/C18H24N4O/c1-12(2)22-13-7-8-14(22)11-21(10-9-13)18(23)17-15-5-3-4-6-16(15)19-20-17/h3-6,12-14H,7-11H2,1-2H3,(H,19,20). The molecule has 2 saturated heterocycles. The average molecular weight is 312 g/mol. The van der Waals surface area contributed by atoms with Gasteiger partial charge in [-0.25, -0.2) is 0 Å². The molecule has 2 fully saturated rings. The molecule has 1 aromatic carbocycles. The quantitative estimate of drug-likeness (QED) is 0.927. The van der Waals surface area contributed by atoms with Gasteiger partial charge in [-0.3, -0.25) is 14.8 Å². The van der Waals surface area contributed by atoms with Crippen LogP contribution in [0.5, 0.6) is 0 Å². The molecule has 2 aliphatic rings. The van der Waals surface area contributed by atoms with Gasteiger partial charge in [-0.05, 0) is 39.2 Å². The molecule has 23 heavy (non-hydrogen) atoms. The number of nitrogens with zero attached hydrogens (tertiary/aromatic N) is 3. The molecule has 0 saturated carbocycles. The molecule has 0 radical (unpaired) electrons. The maximum Gasteiger partial charge on any atom is 0.275 e. The number of amides is 1. The minimum Gasteiger partial charge on any atom is -0.336 e. The summed E-state index contributed by atoms with van der Waals surface area (Å²) >= 11 is 0. The van der Waals surface area contributed by atoms with E-state index in [4.69, 9.17) is 0 Å². The molecular formula is C18H24N4O. The number of nitrogens with one attached hydrogen (secondary N) is 1. The molecule has 2 unspecified atom stereocenters. The van der Waals surface area contributed by atoms with Crippen LogP contribution in [0.15, 0.2) is 24.3 Å². The Kier molecular flexibility index (Phi) is 3.60. The predicted octanol–water partition coefficient (Wildman–Crippen LogP) is 2.65. The highest BCUT2D eigenvalue weighted by Gasteiger charge is 2.40. The number of aromatic nitrogens is 2. The van der Waals surface area contributed by atoms with E-state index in [-0.39, 0.29) is 5.91 Å². The van der Waals surface area contributed by atoms with Crippen LogP contribution in [0.25, 0.3) is 10.9 Å². The third kappa shape index (κ3) is 2.43. The second kappa shape index (κ2) is 5.64. The van der Waals surface area contributed by atoms with Crippen molar-refractivity contribution < 1.29 is 4.79 Å². The van der Waals surface area contributed by atoms with Gasteiger partial charge in [0.15, 0.2) is 5.69 Å². The zero-order valence-corrected chi connectivity index (χ0v) is 13.8. The van der Waals surface area contributed by atoms with Gasteiger partial charge in [-0.1, -0.05) is 18.2 Å². The largest absolute Gasteiger partial charge is 0.336 e. The molecule has 5 heteroatoms. The van der Waals surface area contributed by atoms with Crippen LogP contribution in [0.3, 0.4) is 0 Å². The van der Waals surface area contributed by atoms with Gasteiger partial charge in [0.05, 0.1) is 5.52 Å². The highest BCUT2D eigenvalue weighted by molar-refractivity contribution is 6.04. The van der Waals surface area contributed by atoms with Crippen LogP contribution >= 0.6 is 0 Å². The molecular weight excluding hydrogens is 288 g/mol. The summed E-state index contributed by atoms with van der Waals surface area (Å²) in [6.45, 7) is 6.20. The first kappa shape index (κ1) is 14.7. The summed E-state index contributed by atoms with van der Waals surface area (Å²) in [6, 6.07) is 9.53.